The second kappa shape index (κ2) is 12.3. The van der Waals surface area contributed by atoms with Crippen LogP contribution in [0.4, 0.5) is 0 Å². The van der Waals surface area contributed by atoms with E-state index in [2.05, 4.69) is 43.3 Å². The lowest BCUT2D eigenvalue weighted by Gasteiger charge is -2.42. The summed E-state index contributed by atoms with van der Waals surface area (Å²) in [5, 5.41) is 11.2. The SMILES string of the molecule is CC1=CC(c2ccccc2)=CC(C)C1(C(=O)CC(Cc1ccccc1)C(=O)O)c1c(Cc2ccccc2)oc2ccccc12. The number of aliphatic carboxylic acids is 1. The molecule has 0 radical (unpaired) electrons. The number of carbonyl (C=O) groups is 2. The molecule has 3 atom stereocenters. The molecule has 6 rings (SSSR count). The zero-order valence-electron chi connectivity index (χ0n) is 25.1. The second-order valence-corrected chi connectivity index (χ2v) is 11.8. The maximum Gasteiger partial charge on any atom is 0.307 e. The Kier molecular flexibility index (Phi) is 8.17. The zero-order valence-corrected chi connectivity index (χ0v) is 25.1. The van der Waals surface area contributed by atoms with E-state index in [1.54, 1.807) is 0 Å². The standard InChI is InChI=1S/C40H36O4/c1-27-22-32(31-18-10-5-11-19-31)23-28(2)40(27,37(41)26-33(39(42)43)24-29-14-6-3-7-15-29)38-34-20-12-13-21-35(34)44-36(38)25-30-16-8-4-9-17-30/h3-23,27,33H,24-26H2,1-2H3,(H,42,43). The molecule has 1 aliphatic carbocycles. The highest BCUT2D eigenvalue weighted by atomic mass is 16.4. The predicted octanol–water partition coefficient (Wildman–Crippen LogP) is 8.84. The summed E-state index contributed by atoms with van der Waals surface area (Å²) in [5.74, 6) is -1.47. The molecule has 0 amide bonds. The van der Waals surface area contributed by atoms with Crippen LogP contribution in [0.3, 0.4) is 0 Å². The molecule has 220 valence electrons. The highest BCUT2D eigenvalue weighted by molar-refractivity contribution is 6.02. The molecule has 0 fully saturated rings. The smallest absolute Gasteiger partial charge is 0.307 e. The molecule has 0 aliphatic heterocycles. The molecule has 1 aromatic heterocycles. The number of para-hydroxylation sites is 1. The number of Topliss-reactive ketones (excluding diaryl/α,β-unsaturated/α-hetero) is 1. The normalized spacial score (nSPS) is 18.8. The van der Waals surface area contributed by atoms with E-state index in [9.17, 15) is 9.90 Å². The van der Waals surface area contributed by atoms with Crippen LogP contribution in [0.5, 0.6) is 0 Å². The van der Waals surface area contributed by atoms with Crippen LogP contribution >= 0.6 is 0 Å². The van der Waals surface area contributed by atoms with Gasteiger partial charge in [-0.1, -0.05) is 134 Å². The van der Waals surface area contributed by atoms with Crippen molar-refractivity contribution in [3.8, 4) is 0 Å². The molecule has 4 aromatic carbocycles. The summed E-state index contributed by atoms with van der Waals surface area (Å²) >= 11 is 0. The summed E-state index contributed by atoms with van der Waals surface area (Å²) in [6.07, 6.45) is 4.97. The minimum absolute atomic E-state index is 0.0987. The molecule has 3 unspecified atom stereocenters. The van der Waals surface area contributed by atoms with Crippen molar-refractivity contribution in [2.45, 2.75) is 38.5 Å². The number of furan rings is 1. The topological polar surface area (TPSA) is 67.5 Å². The molecule has 0 bridgehead atoms. The first kappa shape index (κ1) is 29.1. The van der Waals surface area contributed by atoms with Gasteiger partial charge in [0.1, 0.15) is 17.1 Å². The van der Waals surface area contributed by atoms with Gasteiger partial charge in [0.15, 0.2) is 0 Å². The van der Waals surface area contributed by atoms with Crippen molar-refractivity contribution in [2.24, 2.45) is 11.8 Å². The molecule has 4 heteroatoms. The highest BCUT2D eigenvalue weighted by Crippen LogP contribution is 2.51. The van der Waals surface area contributed by atoms with Gasteiger partial charge in [0.2, 0.25) is 0 Å². The molecule has 0 saturated carbocycles. The average Bonchev–Trinajstić information content (AvgIpc) is 3.40. The van der Waals surface area contributed by atoms with Crippen LogP contribution in [0.25, 0.3) is 16.5 Å². The van der Waals surface area contributed by atoms with Crippen LogP contribution in [0.1, 0.15) is 48.3 Å². The average molecular weight is 581 g/mol. The van der Waals surface area contributed by atoms with Gasteiger partial charge in [-0.3, -0.25) is 9.59 Å². The van der Waals surface area contributed by atoms with Gasteiger partial charge in [0.25, 0.3) is 0 Å². The minimum Gasteiger partial charge on any atom is -0.481 e. The van der Waals surface area contributed by atoms with Crippen molar-refractivity contribution in [2.75, 3.05) is 0 Å². The zero-order chi connectivity index (χ0) is 30.7. The Morgan fingerprint density at radius 3 is 2.05 bits per heavy atom. The fraction of sp³-hybridized carbons (Fsp3) is 0.200. The van der Waals surface area contributed by atoms with Crippen LogP contribution in [-0.4, -0.2) is 16.9 Å². The Morgan fingerprint density at radius 2 is 1.41 bits per heavy atom. The molecule has 0 saturated heterocycles. The van der Waals surface area contributed by atoms with Gasteiger partial charge in [-0.2, -0.15) is 0 Å². The molecule has 44 heavy (non-hydrogen) atoms. The summed E-state index contributed by atoms with van der Waals surface area (Å²) < 4.78 is 6.57. The number of hydrogen-bond acceptors (Lipinski definition) is 3. The van der Waals surface area contributed by atoms with Crippen LogP contribution in [-0.2, 0) is 27.8 Å². The van der Waals surface area contributed by atoms with Gasteiger partial charge in [0.05, 0.1) is 11.3 Å². The number of carboxylic acids is 1. The van der Waals surface area contributed by atoms with Gasteiger partial charge >= 0.3 is 5.97 Å². The fourth-order valence-corrected chi connectivity index (χ4v) is 6.96. The van der Waals surface area contributed by atoms with Crippen LogP contribution in [0.2, 0.25) is 0 Å². The Bertz CT molecular complexity index is 1850. The van der Waals surface area contributed by atoms with Crippen molar-refractivity contribution in [1.29, 1.82) is 0 Å². The predicted molar refractivity (Wildman–Crippen MR) is 175 cm³/mol. The quantitative estimate of drug-likeness (QED) is 0.179. The van der Waals surface area contributed by atoms with Gasteiger partial charge in [-0.05, 0) is 47.6 Å². The second-order valence-electron chi connectivity index (χ2n) is 11.8. The van der Waals surface area contributed by atoms with Gasteiger partial charge in [-0.25, -0.2) is 0 Å². The number of fused-ring (bicyclic) bond motifs is 1. The summed E-state index contributed by atoms with van der Waals surface area (Å²) in [6, 6.07) is 37.7. The van der Waals surface area contributed by atoms with Crippen molar-refractivity contribution < 1.29 is 19.1 Å². The summed E-state index contributed by atoms with van der Waals surface area (Å²) in [7, 11) is 0. The van der Waals surface area contributed by atoms with Gasteiger partial charge < -0.3 is 9.52 Å². The number of carboxylic acid groups (broad SMARTS) is 1. The van der Waals surface area contributed by atoms with Crippen LogP contribution in [0, 0.1) is 11.8 Å². The third-order valence-electron chi connectivity index (χ3n) is 9.03. The highest BCUT2D eigenvalue weighted by Gasteiger charge is 2.51. The van der Waals surface area contributed by atoms with E-state index in [0.717, 1.165) is 50.1 Å². The van der Waals surface area contributed by atoms with Gasteiger partial charge in [-0.15, -0.1) is 0 Å². The summed E-state index contributed by atoms with van der Waals surface area (Å²) in [4.78, 5) is 27.7. The Hall–Kier alpha value is -4.96. The molecule has 4 nitrogen and oxygen atoms in total. The number of benzene rings is 4. The molecule has 1 heterocycles. The van der Waals surface area contributed by atoms with Gasteiger partial charge in [0, 0.05) is 23.8 Å². The Morgan fingerprint density at radius 1 is 0.818 bits per heavy atom. The van der Waals surface area contributed by atoms with Crippen molar-refractivity contribution in [3.63, 3.8) is 0 Å². The molecule has 0 spiro atoms. The maximum atomic E-state index is 15.1. The molecular formula is C40H36O4. The van der Waals surface area contributed by atoms with Crippen molar-refractivity contribution in [3.05, 3.63) is 161 Å². The first-order valence-electron chi connectivity index (χ1n) is 15.2. The van der Waals surface area contributed by atoms with E-state index in [1.807, 2.05) is 97.9 Å². The summed E-state index contributed by atoms with van der Waals surface area (Å²) in [6.45, 7) is 4.10. The van der Waals surface area contributed by atoms with E-state index >= 15 is 4.79 Å². The number of carbonyl (C=O) groups excluding carboxylic acids is 1. The molecule has 5 aromatic rings. The lowest BCUT2D eigenvalue weighted by molar-refractivity contribution is -0.144. The molecule has 1 aliphatic rings. The number of ketones is 1. The van der Waals surface area contributed by atoms with E-state index in [1.165, 1.54) is 0 Å². The number of allylic oxidation sites excluding steroid dienone is 4. The van der Waals surface area contributed by atoms with Crippen molar-refractivity contribution in [1.82, 2.24) is 0 Å². The number of rotatable bonds is 10. The summed E-state index contributed by atoms with van der Waals surface area (Å²) in [5.41, 5.74) is 5.45. The van der Waals surface area contributed by atoms with E-state index in [-0.39, 0.29) is 24.5 Å². The lowest BCUT2D eigenvalue weighted by atomic mass is 9.58. The lowest BCUT2D eigenvalue weighted by Crippen LogP contribution is -2.46. The first-order valence-corrected chi connectivity index (χ1v) is 15.2. The number of hydrogen-bond donors (Lipinski definition) is 1. The third kappa shape index (κ3) is 5.44. The molecular weight excluding hydrogens is 544 g/mol. The van der Waals surface area contributed by atoms with E-state index in [0.29, 0.717) is 6.42 Å². The minimum atomic E-state index is -1.11. The monoisotopic (exact) mass is 580 g/mol. The van der Waals surface area contributed by atoms with E-state index in [4.69, 9.17) is 4.42 Å². The largest absolute Gasteiger partial charge is 0.481 e. The Balaban J connectivity index is 1.53. The van der Waals surface area contributed by atoms with Crippen LogP contribution < -0.4 is 0 Å². The van der Waals surface area contributed by atoms with Crippen LogP contribution in [0.15, 0.2) is 137 Å². The molecule has 1 N–H and O–H groups in total. The van der Waals surface area contributed by atoms with Crippen molar-refractivity contribution >= 4 is 28.3 Å². The van der Waals surface area contributed by atoms with E-state index < -0.39 is 17.3 Å². The fourth-order valence-electron chi connectivity index (χ4n) is 6.96. The third-order valence-corrected chi connectivity index (χ3v) is 9.03. The maximum absolute atomic E-state index is 15.1. The Labute approximate surface area is 258 Å². The first-order chi connectivity index (χ1) is 21.4.